The van der Waals surface area contributed by atoms with Gasteiger partial charge >= 0.3 is 0 Å². The number of hydrogen-bond donors (Lipinski definition) is 2. The molecule has 0 saturated carbocycles. The number of halogens is 1. The lowest BCUT2D eigenvalue weighted by Gasteiger charge is -2.25. The van der Waals surface area contributed by atoms with Gasteiger partial charge in [-0.1, -0.05) is 41.4 Å². The Labute approximate surface area is 185 Å². The number of carbonyl (C=O) groups is 2. The molecule has 3 aromatic rings. The number of aryl methyl sites for hydroxylation is 1. The number of para-hydroxylation sites is 1. The molecule has 3 rings (SSSR count). The van der Waals surface area contributed by atoms with Gasteiger partial charge in [0.2, 0.25) is 11.8 Å². The summed E-state index contributed by atoms with van der Waals surface area (Å²) in [7, 11) is -4.07. The number of nitrogens with two attached hydrogens (primary N) is 1. The second kappa shape index (κ2) is 9.20. The monoisotopic (exact) mass is 457 g/mol. The van der Waals surface area contributed by atoms with Gasteiger partial charge in [0.05, 0.1) is 15.6 Å². The molecule has 9 heteroatoms. The SMILES string of the molecule is Cc1ccc(S(=O)(=O)N(CC(=O)Nc2ccc(C(N)=O)cc2)c2ccccc2Cl)cc1. The van der Waals surface area contributed by atoms with Gasteiger partial charge in [-0.25, -0.2) is 8.42 Å². The molecule has 3 N–H and O–H groups in total. The normalized spacial score (nSPS) is 11.0. The highest BCUT2D eigenvalue weighted by molar-refractivity contribution is 7.92. The first-order chi connectivity index (χ1) is 14.7. The van der Waals surface area contributed by atoms with Crippen LogP contribution in [0.2, 0.25) is 5.02 Å². The van der Waals surface area contributed by atoms with Gasteiger partial charge in [-0.05, 0) is 55.5 Å². The largest absolute Gasteiger partial charge is 0.366 e. The van der Waals surface area contributed by atoms with Crippen LogP contribution in [0.5, 0.6) is 0 Å². The van der Waals surface area contributed by atoms with Gasteiger partial charge in [-0.3, -0.25) is 13.9 Å². The summed E-state index contributed by atoms with van der Waals surface area (Å²) >= 11 is 6.25. The Hall–Kier alpha value is -3.36. The summed E-state index contributed by atoms with van der Waals surface area (Å²) in [6, 6.07) is 18.7. The number of benzene rings is 3. The number of amides is 2. The van der Waals surface area contributed by atoms with Gasteiger partial charge in [-0.15, -0.1) is 0 Å². The highest BCUT2D eigenvalue weighted by atomic mass is 35.5. The van der Waals surface area contributed by atoms with Crippen LogP contribution in [0.25, 0.3) is 0 Å². The fraction of sp³-hybridized carbons (Fsp3) is 0.0909. The van der Waals surface area contributed by atoms with Crippen LogP contribution in [-0.4, -0.2) is 26.8 Å². The van der Waals surface area contributed by atoms with E-state index < -0.39 is 28.4 Å². The van der Waals surface area contributed by atoms with E-state index in [0.29, 0.717) is 5.69 Å². The summed E-state index contributed by atoms with van der Waals surface area (Å²) in [5, 5.41) is 2.81. The zero-order valence-corrected chi connectivity index (χ0v) is 18.2. The van der Waals surface area contributed by atoms with Gasteiger partial charge < -0.3 is 11.1 Å². The van der Waals surface area contributed by atoms with E-state index in [2.05, 4.69) is 5.32 Å². The summed E-state index contributed by atoms with van der Waals surface area (Å²) in [5.74, 6) is -1.17. The van der Waals surface area contributed by atoms with Gasteiger partial charge in [0, 0.05) is 11.3 Å². The van der Waals surface area contributed by atoms with E-state index in [1.807, 2.05) is 6.92 Å². The number of anilines is 2. The van der Waals surface area contributed by atoms with Gasteiger partial charge in [0.25, 0.3) is 10.0 Å². The molecule has 0 atom stereocenters. The predicted molar refractivity (Wildman–Crippen MR) is 121 cm³/mol. The molecule has 0 fully saturated rings. The molecule has 2 amide bonds. The average molecular weight is 458 g/mol. The molecule has 0 aromatic heterocycles. The molecule has 160 valence electrons. The maximum Gasteiger partial charge on any atom is 0.264 e. The van der Waals surface area contributed by atoms with Crippen LogP contribution in [0.3, 0.4) is 0 Å². The number of hydrogen-bond acceptors (Lipinski definition) is 4. The molecule has 31 heavy (non-hydrogen) atoms. The molecule has 0 spiro atoms. The van der Waals surface area contributed by atoms with Crippen molar-refractivity contribution >= 4 is 44.8 Å². The van der Waals surface area contributed by atoms with Crippen molar-refractivity contribution < 1.29 is 18.0 Å². The smallest absolute Gasteiger partial charge is 0.264 e. The van der Waals surface area contributed by atoms with Crippen LogP contribution >= 0.6 is 11.6 Å². The standard InChI is InChI=1S/C22H20ClN3O4S/c1-15-6-12-18(13-7-15)31(29,30)26(20-5-3-2-4-19(20)23)14-21(27)25-17-10-8-16(9-11-17)22(24)28/h2-13H,14H2,1H3,(H2,24,28)(H,25,27). The number of rotatable bonds is 7. The topological polar surface area (TPSA) is 110 Å². The third-order valence-electron chi connectivity index (χ3n) is 4.47. The molecular weight excluding hydrogens is 438 g/mol. The van der Waals surface area contributed by atoms with Crippen LogP contribution in [0.1, 0.15) is 15.9 Å². The number of nitrogens with zero attached hydrogens (tertiary/aromatic N) is 1. The molecule has 0 aliphatic heterocycles. The minimum absolute atomic E-state index is 0.0385. The Morgan fingerprint density at radius 2 is 1.58 bits per heavy atom. The molecule has 0 aliphatic carbocycles. The first-order valence-corrected chi connectivity index (χ1v) is 11.0. The van der Waals surface area contributed by atoms with Gasteiger partial charge in [0.1, 0.15) is 6.54 Å². The van der Waals surface area contributed by atoms with E-state index in [9.17, 15) is 18.0 Å². The lowest BCUT2D eigenvalue weighted by atomic mass is 10.2. The summed E-state index contributed by atoms with van der Waals surface area (Å²) in [5.41, 5.74) is 6.98. The number of sulfonamides is 1. The van der Waals surface area contributed by atoms with Gasteiger partial charge in [-0.2, -0.15) is 0 Å². The molecule has 0 bridgehead atoms. The van der Waals surface area contributed by atoms with E-state index in [0.717, 1.165) is 9.87 Å². The van der Waals surface area contributed by atoms with E-state index >= 15 is 0 Å². The summed E-state index contributed by atoms with van der Waals surface area (Å²) in [6.07, 6.45) is 0. The Bertz CT molecular complexity index is 1210. The van der Waals surface area contributed by atoms with E-state index in [1.165, 1.54) is 42.5 Å². The van der Waals surface area contributed by atoms with E-state index in [4.69, 9.17) is 17.3 Å². The third-order valence-corrected chi connectivity index (χ3v) is 6.56. The van der Waals surface area contributed by atoms with Crippen molar-refractivity contribution in [2.45, 2.75) is 11.8 Å². The maximum atomic E-state index is 13.3. The number of carbonyl (C=O) groups excluding carboxylic acids is 2. The van der Waals surface area contributed by atoms with Crippen molar-refractivity contribution in [3.63, 3.8) is 0 Å². The molecule has 0 unspecified atom stereocenters. The average Bonchev–Trinajstić information content (AvgIpc) is 2.73. The first-order valence-electron chi connectivity index (χ1n) is 9.22. The Kier molecular flexibility index (Phi) is 6.62. The van der Waals surface area contributed by atoms with E-state index in [-0.39, 0.29) is 21.2 Å². The zero-order valence-electron chi connectivity index (χ0n) is 16.6. The predicted octanol–water partition coefficient (Wildman–Crippen LogP) is 3.58. The molecule has 0 aliphatic rings. The Morgan fingerprint density at radius 3 is 2.16 bits per heavy atom. The number of nitrogens with one attached hydrogen (secondary N) is 1. The van der Waals surface area contributed by atoms with Crippen molar-refractivity contribution in [2.75, 3.05) is 16.2 Å². The van der Waals surface area contributed by atoms with Crippen molar-refractivity contribution in [1.82, 2.24) is 0 Å². The van der Waals surface area contributed by atoms with Crippen LogP contribution in [-0.2, 0) is 14.8 Å². The third kappa shape index (κ3) is 5.22. The molecule has 0 heterocycles. The van der Waals surface area contributed by atoms with Crippen molar-refractivity contribution in [3.05, 3.63) is 88.9 Å². The molecule has 0 radical (unpaired) electrons. The zero-order chi connectivity index (χ0) is 22.6. The Morgan fingerprint density at radius 1 is 0.968 bits per heavy atom. The molecule has 7 nitrogen and oxygen atoms in total. The lowest BCUT2D eigenvalue weighted by molar-refractivity contribution is -0.114. The highest BCUT2D eigenvalue weighted by Gasteiger charge is 2.28. The number of primary amides is 1. The lowest BCUT2D eigenvalue weighted by Crippen LogP contribution is -2.38. The minimum Gasteiger partial charge on any atom is -0.366 e. The summed E-state index contributed by atoms with van der Waals surface area (Å²) in [6.45, 7) is 1.34. The van der Waals surface area contributed by atoms with Crippen LogP contribution in [0.15, 0.2) is 77.7 Å². The van der Waals surface area contributed by atoms with Crippen molar-refractivity contribution in [3.8, 4) is 0 Å². The first kappa shape index (κ1) is 22.3. The summed E-state index contributed by atoms with van der Waals surface area (Å²) in [4.78, 5) is 23.9. The van der Waals surface area contributed by atoms with Gasteiger partial charge in [0.15, 0.2) is 0 Å². The minimum atomic E-state index is -4.07. The van der Waals surface area contributed by atoms with Crippen LogP contribution in [0.4, 0.5) is 11.4 Å². The van der Waals surface area contributed by atoms with Crippen molar-refractivity contribution in [2.24, 2.45) is 5.73 Å². The van der Waals surface area contributed by atoms with Crippen LogP contribution in [0, 0.1) is 6.92 Å². The second-order valence-corrected chi connectivity index (χ2v) is 9.04. The second-order valence-electron chi connectivity index (χ2n) is 6.77. The van der Waals surface area contributed by atoms with E-state index in [1.54, 1.807) is 30.3 Å². The van der Waals surface area contributed by atoms with Crippen molar-refractivity contribution in [1.29, 1.82) is 0 Å². The fourth-order valence-corrected chi connectivity index (χ4v) is 4.57. The Balaban J connectivity index is 1.91. The molecular formula is C22H20ClN3O4S. The molecule has 0 saturated heterocycles. The quantitative estimate of drug-likeness (QED) is 0.565. The van der Waals surface area contributed by atoms with Crippen LogP contribution < -0.4 is 15.4 Å². The maximum absolute atomic E-state index is 13.3. The molecule has 3 aromatic carbocycles. The highest BCUT2D eigenvalue weighted by Crippen LogP contribution is 2.30. The summed E-state index contributed by atoms with van der Waals surface area (Å²) < 4.78 is 27.6. The fourth-order valence-electron chi connectivity index (χ4n) is 2.84.